The number of ether oxygens (including phenoxy) is 1. The molecule has 0 amide bonds. The summed E-state index contributed by atoms with van der Waals surface area (Å²) in [5.41, 5.74) is 6.61. The van der Waals surface area contributed by atoms with E-state index in [9.17, 15) is 4.39 Å². The van der Waals surface area contributed by atoms with Crippen LogP contribution >= 0.6 is 0 Å². The summed E-state index contributed by atoms with van der Waals surface area (Å²) in [7, 11) is 0. The fourth-order valence-electron chi connectivity index (χ4n) is 1.73. The predicted octanol–water partition coefficient (Wildman–Crippen LogP) is 3.42. The second-order valence-corrected chi connectivity index (χ2v) is 4.21. The van der Waals surface area contributed by atoms with Gasteiger partial charge in [-0.25, -0.2) is 4.39 Å². The standard InChI is InChI=1S/C14H22FNO/c1-2-3-4-5-10-17-14(11-16)12-6-8-13(15)9-7-12/h6-9,14H,2-5,10-11,16H2,1H3. The summed E-state index contributed by atoms with van der Waals surface area (Å²) in [5.74, 6) is -0.229. The van der Waals surface area contributed by atoms with Gasteiger partial charge in [-0.2, -0.15) is 0 Å². The summed E-state index contributed by atoms with van der Waals surface area (Å²) in [5, 5.41) is 0. The lowest BCUT2D eigenvalue weighted by molar-refractivity contribution is 0.0558. The minimum absolute atomic E-state index is 0.114. The molecule has 0 aliphatic carbocycles. The summed E-state index contributed by atoms with van der Waals surface area (Å²) in [6, 6.07) is 6.36. The topological polar surface area (TPSA) is 35.2 Å². The SMILES string of the molecule is CCCCCCOC(CN)c1ccc(F)cc1. The Balaban J connectivity index is 2.35. The normalized spacial score (nSPS) is 12.6. The molecule has 0 fully saturated rings. The van der Waals surface area contributed by atoms with Crippen LogP contribution in [0.15, 0.2) is 24.3 Å². The van der Waals surface area contributed by atoms with E-state index in [2.05, 4.69) is 6.92 Å². The zero-order valence-corrected chi connectivity index (χ0v) is 10.5. The van der Waals surface area contributed by atoms with Crippen molar-refractivity contribution in [2.24, 2.45) is 5.73 Å². The number of nitrogens with two attached hydrogens (primary N) is 1. The molecule has 0 aliphatic heterocycles. The molecule has 1 rings (SSSR count). The molecule has 17 heavy (non-hydrogen) atoms. The van der Waals surface area contributed by atoms with E-state index in [4.69, 9.17) is 10.5 Å². The van der Waals surface area contributed by atoms with Crippen LogP contribution in [0, 0.1) is 5.82 Å². The van der Waals surface area contributed by atoms with E-state index in [0.717, 1.165) is 18.6 Å². The van der Waals surface area contributed by atoms with Crippen molar-refractivity contribution in [2.75, 3.05) is 13.2 Å². The first-order valence-corrected chi connectivity index (χ1v) is 6.35. The van der Waals surface area contributed by atoms with Crippen LogP contribution in [0.3, 0.4) is 0 Å². The molecule has 0 saturated carbocycles. The van der Waals surface area contributed by atoms with Crippen LogP contribution in [-0.2, 0) is 4.74 Å². The zero-order chi connectivity index (χ0) is 12.5. The summed E-state index contributed by atoms with van der Waals surface area (Å²) in [6.45, 7) is 3.33. The Kier molecular flexibility index (Phi) is 6.82. The van der Waals surface area contributed by atoms with Crippen molar-refractivity contribution in [2.45, 2.75) is 38.7 Å². The molecule has 0 heterocycles. The van der Waals surface area contributed by atoms with Crippen LogP contribution in [0.2, 0.25) is 0 Å². The Labute approximate surface area is 103 Å². The largest absolute Gasteiger partial charge is 0.372 e. The first kappa shape index (κ1) is 14.1. The van der Waals surface area contributed by atoms with Gasteiger partial charge < -0.3 is 10.5 Å². The van der Waals surface area contributed by atoms with Gasteiger partial charge in [0.1, 0.15) is 5.82 Å². The third-order valence-electron chi connectivity index (χ3n) is 2.77. The first-order valence-electron chi connectivity index (χ1n) is 6.35. The minimum atomic E-state index is -0.229. The van der Waals surface area contributed by atoms with Gasteiger partial charge >= 0.3 is 0 Å². The Morgan fingerprint density at radius 3 is 2.47 bits per heavy atom. The first-order chi connectivity index (χ1) is 8.27. The van der Waals surface area contributed by atoms with E-state index < -0.39 is 0 Å². The van der Waals surface area contributed by atoms with Crippen molar-refractivity contribution < 1.29 is 9.13 Å². The summed E-state index contributed by atoms with van der Waals surface area (Å²) in [4.78, 5) is 0. The fraction of sp³-hybridized carbons (Fsp3) is 0.571. The number of hydrogen-bond acceptors (Lipinski definition) is 2. The average molecular weight is 239 g/mol. The Hall–Kier alpha value is -0.930. The Bertz CT molecular complexity index is 300. The molecule has 0 spiro atoms. The van der Waals surface area contributed by atoms with E-state index in [1.165, 1.54) is 31.4 Å². The van der Waals surface area contributed by atoms with Crippen LogP contribution in [0.25, 0.3) is 0 Å². The molecule has 1 unspecified atom stereocenters. The van der Waals surface area contributed by atoms with Crippen molar-refractivity contribution >= 4 is 0 Å². The van der Waals surface area contributed by atoms with Crippen molar-refractivity contribution in [3.8, 4) is 0 Å². The lowest BCUT2D eigenvalue weighted by atomic mass is 10.1. The monoisotopic (exact) mass is 239 g/mol. The molecule has 0 aromatic heterocycles. The summed E-state index contributed by atoms with van der Waals surface area (Å²) in [6.07, 6.45) is 4.60. The predicted molar refractivity (Wildman–Crippen MR) is 68.3 cm³/mol. The number of halogens is 1. The fourth-order valence-corrected chi connectivity index (χ4v) is 1.73. The molecule has 96 valence electrons. The highest BCUT2D eigenvalue weighted by molar-refractivity contribution is 5.18. The Morgan fingerprint density at radius 1 is 1.18 bits per heavy atom. The van der Waals surface area contributed by atoms with Gasteiger partial charge in [0.2, 0.25) is 0 Å². The molecule has 3 heteroatoms. The molecule has 0 aliphatic rings. The van der Waals surface area contributed by atoms with Gasteiger partial charge in [-0.1, -0.05) is 38.3 Å². The lowest BCUT2D eigenvalue weighted by Gasteiger charge is -2.16. The maximum Gasteiger partial charge on any atom is 0.123 e. The third-order valence-corrected chi connectivity index (χ3v) is 2.77. The van der Waals surface area contributed by atoms with Gasteiger partial charge in [0, 0.05) is 13.2 Å². The summed E-state index contributed by atoms with van der Waals surface area (Å²) < 4.78 is 18.5. The van der Waals surface area contributed by atoms with Crippen LogP contribution < -0.4 is 5.73 Å². The molecule has 1 aromatic rings. The molecule has 1 atom stereocenters. The van der Waals surface area contributed by atoms with Crippen molar-refractivity contribution in [3.63, 3.8) is 0 Å². The number of unbranched alkanes of at least 4 members (excludes halogenated alkanes) is 3. The van der Waals surface area contributed by atoms with Crippen molar-refractivity contribution in [3.05, 3.63) is 35.6 Å². The van der Waals surface area contributed by atoms with Crippen molar-refractivity contribution in [1.29, 1.82) is 0 Å². The van der Waals surface area contributed by atoms with Gasteiger partial charge in [0.25, 0.3) is 0 Å². The maximum atomic E-state index is 12.8. The second kappa shape index (κ2) is 8.20. The highest BCUT2D eigenvalue weighted by Gasteiger charge is 2.09. The van der Waals surface area contributed by atoms with Gasteiger partial charge in [0.15, 0.2) is 0 Å². The smallest absolute Gasteiger partial charge is 0.123 e. The second-order valence-electron chi connectivity index (χ2n) is 4.21. The van der Waals surface area contributed by atoms with E-state index in [1.807, 2.05) is 0 Å². The van der Waals surface area contributed by atoms with Gasteiger partial charge in [0.05, 0.1) is 6.10 Å². The van der Waals surface area contributed by atoms with Crippen LogP contribution in [-0.4, -0.2) is 13.2 Å². The molecule has 0 bridgehead atoms. The number of hydrogen-bond donors (Lipinski definition) is 1. The molecule has 2 N–H and O–H groups in total. The van der Waals surface area contributed by atoms with Gasteiger partial charge in [-0.15, -0.1) is 0 Å². The molecule has 1 aromatic carbocycles. The third kappa shape index (κ3) is 5.29. The minimum Gasteiger partial charge on any atom is -0.372 e. The van der Waals surface area contributed by atoms with Crippen LogP contribution in [0.1, 0.15) is 44.3 Å². The zero-order valence-electron chi connectivity index (χ0n) is 10.5. The highest BCUT2D eigenvalue weighted by atomic mass is 19.1. The molecule has 2 nitrogen and oxygen atoms in total. The average Bonchev–Trinajstić information content (AvgIpc) is 2.35. The van der Waals surface area contributed by atoms with Crippen molar-refractivity contribution in [1.82, 2.24) is 0 Å². The highest BCUT2D eigenvalue weighted by Crippen LogP contribution is 2.17. The maximum absolute atomic E-state index is 12.8. The van der Waals surface area contributed by atoms with E-state index in [1.54, 1.807) is 12.1 Å². The molecular weight excluding hydrogens is 217 g/mol. The molecular formula is C14H22FNO. The van der Waals surface area contributed by atoms with Crippen LogP contribution in [0.5, 0.6) is 0 Å². The van der Waals surface area contributed by atoms with Crippen LogP contribution in [0.4, 0.5) is 4.39 Å². The lowest BCUT2D eigenvalue weighted by Crippen LogP contribution is -2.16. The molecule has 0 radical (unpaired) electrons. The van der Waals surface area contributed by atoms with Gasteiger partial charge in [-0.05, 0) is 24.1 Å². The van der Waals surface area contributed by atoms with E-state index in [0.29, 0.717) is 6.54 Å². The number of rotatable bonds is 8. The molecule has 0 saturated heterocycles. The van der Waals surface area contributed by atoms with Gasteiger partial charge in [-0.3, -0.25) is 0 Å². The quantitative estimate of drug-likeness (QED) is 0.705. The summed E-state index contributed by atoms with van der Waals surface area (Å²) >= 11 is 0. The number of benzene rings is 1. The Morgan fingerprint density at radius 2 is 1.88 bits per heavy atom. The van der Waals surface area contributed by atoms with E-state index >= 15 is 0 Å². The van der Waals surface area contributed by atoms with E-state index in [-0.39, 0.29) is 11.9 Å².